The van der Waals surface area contributed by atoms with E-state index in [1.165, 1.54) is 6.26 Å². The maximum atomic E-state index is 12.3. The predicted molar refractivity (Wildman–Crippen MR) is 32.6 cm³/mol. The third-order valence-corrected chi connectivity index (χ3v) is 1.000. The van der Waals surface area contributed by atoms with Crippen LogP contribution >= 0.6 is 0 Å². The number of ether oxygens (including phenoxy) is 1. The van der Waals surface area contributed by atoms with E-state index in [0.29, 0.717) is 6.07 Å². The van der Waals surface area contributed by atoms with Crippen molar-refractivity contribution < 1.29 is 13.5 Å². The fraction of sp³-hybridized carbons (Fsp3) is 0. The number of nitriles is 1. The Balaban J connectivity index is 3.01. The van der Waals surface area contributed by atoms with Gasteiger partial charge in [0, 0.05) is 18.2 Å². The second kappa shape index (κ2) is 2.97. The van der Waals surface area contributed by atoms with E-state index in [9.17, 15) is 8.78 Å². The van der Waals surface area contributed by atoms with Crippen molar-refractivity contribution in [2.75, 3.05) is 0 Å². The standard InChI is InChI=1S/C7H3F2NO/c8-5-1-6(9)3-7(2-5)11-4-10/h1-3H. The predicted octanol–water partition coefficient (Wildman–Crippen LogP) is 1.82. The lowest BCUT2D eigenvalue weighted by Gasteiger charge is -1.94. The van der Waals surface area contributed by atoms with Crippen LogP contribution < -0.4 is 4.74 Å². The summed E-state index contributed by atoms with van der Waals surface area (Å²) in [4.78, 5) is 0. The fourth-order valence-corrected chi connectivity index (χ4v) is 0.640. The van der Waals surface area contributed by atoms with Gasteiger partial charge in [-0.1, -0.05) is 0 Å². The summed E-state index contributed by atoms with van der Waals surface area (Å²) in [5.74, 6) is -1.67. The smallest absolute Gasteiger partial charge is 0.292 e. The lowest BCUT2D eigenvalue weighted by atomic mass is 10.3. The molecule has 1 aromatic rings. The third kappa shape index (κ3) is 1.90. The molecule has 0 N–H and O–H groups in total. The molecule has 0 saturated heterocycles. The molecule has 0 aromatic heterocycles. The minimum Gasteiger partial charge on any atom is -0.388 e. The molecule has 0 bridgehead atoms. The number of halogens is 2. The summed E-state index contributed by atoms with van der Waals surface area (Å²) in [7, 11) is 0. The van der Waals surface area contributed by atoms with Gasteiger partial charge in [0.05, 0.1) is 0 Å². The highest BCUT2D eigenvalue weighted by Gasteiger charge is 1.99. The molecule has 1 aromatic carbocycles. The maximum Gasteiger partial charge on any atom is 0.292 e. The van der Waals surface area contributed by atoms with Crippen LogP contribution in [0.1, 0.15) is 0 Å². The Morgan fingerprint density at radius 3 is 2.18 bits per heavy atom. The first-order chi connectivity index (χ1) is 5.22. The Morgan fingerprint density at radius 2 is 1.73 bits per heavy atom. The Hall–Kier alpha value is -1.63. The van der Waals surface area contributed by atoms with Gasteiger partial charge in [0.1, 0.15) is 17.4 Å². The molecular weight excluding hydrogens is 152 g/mol. The zero-order valence-corrected chi connectivity index (χ0v) is 5.34. The van der Waals surface area contributed by atoms with E-state index in [0.717, 1.165) is 12.1 Å². The fourth-order valence-electron chi connectivity index (χ4n) is 0.640. The first-order valence-corrected chi connectivity index (χ1v) is 2.74. The van der Waals surface area contributed by atoms with E-state index >= 15 is 0 Å². The first kappa shape index (κ1) is 7.48. The number of rotatable bonds is 1. The molecule has 0 aliphatic rings. The highest BCUT2D eigenvalue weighted by Crippen LogP contribution is 2.14. The van der Waals surface area contributed by atoms with E-state index in [1.807, 2.05) is 0 Å². The summed E-state index contributed by atoms with van der Waals surface area (Å²) in [5, 5.41) is 7.98. The molecule has 4 heteroatoms. The SMILES string of the molecule is N#COc1cc(F)cc(F)c1. The quantitative estimate of drug-likeness (QED) is 0.579. The normalized spacial score (nSPS) is 8.82. The van der Waals surface area contributed by atoms with Gasteiger partial charge in [-0.2, -0.15) is 0 Å². The Labute approximate surface area is 61.6 Å². The summed E-state index contributed by atoms with van der Waals surface area (Å²) in [6.45, 7) is 0. The minimum absolute atomic E-state index is 0.134. The second-order valence-electron chi connectivity index (χ2n) is 1.80. The molecule has 1 rings (SSSR count). The van der Waals surface area contributed by atoms with Gasteiger partial charge in [-0.25, -0.2) is 8.78 Å². The van der Waals surface area contributed by atoms with E-state index < -0.39 is 11.6 Å². The highest BCUT2D eigenvalue weighted by molar-refractivity contribution is 5.24. The molecular formula is C7H3F2NO. The molecule has 0 fully saturated rings. The van der Waals surface area contributed by atoms with Crippen molar-refractivity contribution in [2.45, 2.75) is 0 Å². The van der Waals surface area contributed by atoms with Crippen LogP contribution in [-0.2, 0) is 0 Å². The van der Waals surface area contributed by atoms with Crippen LogP contribution in [0.2, 0.25) is 0 Å². The van der Waals surface area contributed by atoms with Crippen LogP contribution in [0.4, 0.5) is 8.78 Å². The minimum atomic E-state index is -0.768. The maximum absolute atomic E-state index is 12.3. The summed E-state index contributed by atoms with van der Waals surface area (Å²) in [5.41, 5.74) is 0. The Bertz CT molecular complexity index is 286. The first-order valence-electron chi connectivity index (χ1n) is 2.74. The van der Waals surface area contributed by atoms with E-state index in [-0.39, 0.29) is 5.75 Å². The molecule has 2 nitrogen and oxygen atoms in total. The molecule has 0 unspecified atom stereocenters. The Morgan fingerprint density at radius 1 is 1.18 bits per heavy atom. The molecule has 0 aliphatic carbocycles. The Kier molecular flexibility index (Phi) is 2.02. The van der Waals surface area contributed by atoms with Gasteiger partial charge >= 0.3 is 0 Å². The van der Waals surface area contributed by atoms with Gasteiger partial charge < -0.3 is 4.74 Å². The lowest BCUT2D eigenvalue weighted by molar-refractivity contribution is 0.488. The van der Waals surface area contributed by atoms with Crippen molar-refractivity contribution in [2.24, 2.45) is 0 Å². The number of nitrogens with zero attached hydrogens (tertiary/aromatic N) is 1. The average molecular weight is 155 g/mol. The molecule has 0 saturated carbocycles. The van der Waals surface area contributed by atoms with Crippen LogP contribution in [0, 0.1) is 23.2 Å². The summed E-state index contributed by atoms with van der Waals surface area (Å²) < 4.78 is 28.8. The van der Waals surface area contributed by atoms with Crippen molar-refractivity contribution in [3.63, 3.8) is 0 Å². The van der Waals surface area contributed by atoms with Crippen molar-refractivity contribution in [3.8, 4) is 12.0 Å². The van der Waals surface area contributed by atoms with Gasteiger partial charge in [0.15, 0.2) is 0 Å². The van der Waals surface area contributed by atoms with E-state index in [2.05, 4.69) is 4.74 Å². The molecule has 0 radical (unpaired) electrons. The van der Waals surface area contributed by atoms with Gasteiger partial charge in [-0.3, -0.25) is 0 Å². The zero-order chi connectivity index (χ0) is 8.27. The molecule has 11 heavy (non-hydrogen) atoms. The van der Waals surface area contributed by atoms with Crippen LogP contribution in [-0.4, -0.2) is 0 Å². The number of hydrogen-bond acceptors (Lipinski definition) is 2. The van der Waals surface area contributed by atoms with Crippen molar-refractivity contribution in [3.05, 3.63) is 29.8 Å². The van der Waals surface area contributed by atoms with Gasteiger partial charge in [0.2, 0.25) is 0 Å². The summed E-state index contributed by atoms with van der Waals surface area (Å²) in [6, 6.07) is 2.54. The molecule has 0 heterocycles. The van der Waals surface area contributed by atoms with Crippen molar-refractivity contribution in [1.29, 1.82) is 5.26 Å². The lowest BCUT2D eigenvalue weighted by Crippen LogP contribution is -1.85. The monoisotopic (exact) mass is 155 g/mol. The molecule has 0 aliphatic heterocycles. The third-order valence-electron chi connectivity index (χ3n) is 1.000. The molecule has 0 spiro atoms. The largest absolute Gasteiger partial charge is 0.388 e. The van der Waals surface area contributed by atoms with Crippen LogP contribution in [0.3, 0.4) is 0 Å². The highest BCUT2D eigenvalue weighted by atomic mass is 19.1. The average Bonchev–Trinajstić information content (AvgIpc) is 1.85. The van der Waals surface area contributed by atoms with Gasteiger partial charge in [-0.05, 0) is 0 Å². The number of benzene rings is 1. The van der Waals surface area contributed by atoms with E-state index in [4.69, 9.17) is 5.26 Å². The van der Waals surface area contributed by atoms with Crippen LogP contribution in [0.15, 0.2) is 18.2 Å². The van der Waals surface area contributed by atoms with Gasteiger partial charge in [0.25, 0.3) is 6.26 Å². The van der Waals surface area contributed by atoms with Crippen molar-refractivity contribution in [1.82, 2.24) is 0 Å². The van der Waals surface area contributed by atoms with Crippen LogP contribution in [0.5, 0.6) is 5.75 Å². The molecule has 56 valence electrons. The second-order valence-corrected chi connectivity index (χ2v) is 1.80. The van der Waals surface area contributed by atoms with Gasteiger partial charge in [-0.15, -0.1) is 5.26 Å². The van der Waals surface area contributed by atoms with E-state index in [1.54, 1.807) is 0 Å². The molecule has 0 atom stereocenters. The summed E-state index contributed by atoms with van der Waals surface area (Å²) in [6.07, 6.45) is 1.31. The topological polar surface area (TPSA) is 33.0 Å². The zero-order valence-electron chi connectivity index (χ0n) is 5.34. The summed E-state index contributed by atoms with van der Waals surface area (Å²) >= 11 is 0. The van der Waals surface area contributed by atoms with Crippen LogP contribution in [0.25, 0.3) is 0 Å². The number of hydrogen-bond donors (Lipinski definition) is 0. The molecule has 0 amide bonds. The van der Waals surface area contributed by atoms with Crippen molar-refractivity contribution >= 4 is 0 Å².